The molecule has 2 aromatic rings. The number of carbonyl (C=O) groups excluding carboxylic acids is 1. The first kappa shape index (κ1) is 16.5. The lowest BCUT2D eigenvalue weighted by Crippen LogP contribution is -2.32. The van der Waals surface area contributed by atoms with Gasteiger partial charge in [-0.15, -0.1) is 0 Å². The third kappa shape index (κ3) is 3.94. The number of carbonyl (C=O) groups is 1. The minimum Gasteiger partial charge on any atom is -0.376 e. The average molecular weight is 326 g/mol. The lowest BCUT2D eigenvalue weighted by Gasteiger charge is -2.22. The molecule has 0 aliphatic heterocycles. The van der Waals surface area contributed by atoms with E-state index in [4.69, 9.17) is 0 Å². The van der Waals surface area contributed by atoms with Crippen molar-refractivity contribution in [2.75, 3.05) is 18.9 Å². The van der Waals surface area contributed by atoms with Crippen LogP contribution in [0.4, 0.5) is 10.1 Å². The highest BCUT2D eigenvalue weighted by Gasteiger charge is 2.14. The molecule has 0 heterocycles. The Morgan fingerprint density at radius 1 is 1.12 bits per heavy atom. The Balaban J connectivity index is 1.58. The molecule has 0 aromatic heterocycles. The van der Waals surface area contributed by atoms with Crippen LogP contribution < -0.4 is 5.32 Å². The highest BCUT2D eigenvalue weighted by molar-refractivity contribution is 5.81. The molecule has 4 heteroatoms. The fraction of sp³-hybridized carbons (Fsp3) is 0.350. The molecule has 0 bridgehead atoms. The monoisotopic (exact) mass is 326 g/mol. The normalized spacial score (nSPS) is 13.2. The highest BCUT2D eigenvalue weighted by atomic mass is 19.1. The molecule has 3 nitrogen and oxygen atoms in total. The van der Waals surface area contributed by atoms with Crippen molar-refractivity contribution in [3.05, 3.63) is 65.0 Å². The van der Waals surface area contributed by atoms with Gasteiger partial charge in [0.05, 0.1) is 6.54 Å². The number of nitrogens with one attached hydrogen (secondary N) is 1. The Morgan fingerprint density at radius 3 is 2.67 bits per heavy atom. The zero-order chi connectivity index (χ0) is 16.9. The van der Waals surface area contributed by atoms with Crippen LogP contribution in [0.5, 0.6) is 0 Å². The lowest BCUT2D eigenvalue weighted by molar-refractivity contribution is -0.128. The third-order valence-electron chi connectivity index (χ3n) is 4.58. The van der Waals surface area contributed by atoms with Crippen molar-refractivity contribution in [1.82, 2.24) is 4.90 Å². The fourth-order valence-corrected chi connectivity index (χ4v) is 3.20. The second-order valence-electron chi connectivity index (χ2n) is 6.38. The Labute approximate surface area is 142 Å². The smallest absolute Gasteiger partial charge is 0.241 e. The summed E-state index contributed by atoms with van der Waals surface area (Å²) in [5.41, 5.74) is 4.76. The van der Waals surface area contributed by atoms with Crippen molar-refractivity contribution in [2.24, 2.45) is 0 Å². The fourth-order valence-electron chi connectivity index (χ4n) is 3.20. The summed E-state index contributed by atoms with van der Waals surface area (Å²) in [4.78, 5) is 14.0. The molecule has 2 aromatic carbocycles. The van der Waals surface area contributed by atoms with Gasteiger partial charge in [0.25, 0.3) is 0 Å². The zero-order valence-electron chi connectivity index (χ0n) is 14.0. The predicted molar refractivity (Wildman–Crippen MR) is 94.4 cm³/mol. The number of anilines is 1. The Kier molecular flexibility index (Phi) is 5.14. The molecule has 0 radical (unpaired) electrons. The van der Waals surface area contributed by atoms with Crippen molar-refractivity contribution in [3.63, 3.8) is 0 Å². The second-order valence-corrected chi connectivity index (χ2v) is 6.38. The molecule has 1 aliphatic rings. The van der Waals surface area contributed by atoms with Gasteiger partial charge in [-0.2, -0.15) is 0 Å². The summed E-state index contributed by atoms with van der Waals surface area (Å²) in [6, 6.07) is 12.5. The maximum atomic E-state index is 12.9. The molecular formula is C20H23FN2O. The van der Waals surface area contributed by atoms with E-state index in [2.05, 4.69) is 23.5 Å². The molecule has 0 unspecified atom stereocenters. The Hall–Kier alpha value is -2.36. The van der Waals surface area contributed by atoms with Crippen LogP contribution in [0.15, 0.2) is 42.5 Å². The molecular weight excluding hydrogens is 303 g/mol. The van der Waals surface area contributed by atoms with Gasteiger partial charge in [-0.3, -0.25) is 4.79 Å². The quantitative estimate of drug-likeness (QED) is 0.907. The number of rotatable bonds is 5. The number of likely N-dealkylation sites (N-methyl/N-ethyl adjacent to an activating group) is 1. The van der Waals surface area contributed by atoms with Gasteiger partial charge in [0, 0.05) is 19.3 Å². The maximum Gasteiger partial charge on any atom is 0.241 e. The van der Waals surface area contributed by atoms with E-state index in [0.29, 0.717) is 6.54 Å². The predicted octanol–water partition coefficient (Wildman–Crippen LogP) is 3.78. The SMILES string of the molecule is CN(Cc1ccc(F)cc1)C(=O)CNc1cccc2c1CCCC2. The van der Waals surface area contributed by atoms with E-state index in [0.717, 1.165) is 24.1 Å². The standard InChI is InChI=1S/C20H23FN2O/c1-23(14-15-9-11-17(21)12-10-15)20(24)13-22-19-8-4-6-16-5-2-3-7-18(16)19/h4,6,8-12,22H,2-3,5,7,13-14H2,1H3. The van der Waals surface area contributed by atoms with Gasteiger partial charge in [0.1, 0.15) is 5.82 Å². The van der Waals surface area contributed by atoms with Crippen molar-refractivity contribution in [3.8, 4) is 0 Å². The van der Waals surface area contributed by atoms with Crippen LogP contribution in [0.25, 0.3) is 0 Å². The van der Waals surface area contributed by atoms with Gasteiger partial charge in [0.2, 0.25) is 5.91 Å². The van der Waals surface area contributed by atoms with Gasteiger partial charge in [-0.1, -0.05) is 24.3 Å². The number of aryl methyl sites for hydroxylation is 1. The van der Waals surface area contributed by atoms with Gasteiger partial charge >= 0.3 is 0 Å². The second kappa shape index (κ2) is 7.47. The summed E-state index contributed by atoms with van der Waals surface area (Å²) in [7, 11) is 1.77. The van der Waals surface area contributed by atoms with Gasteiger partial charge in [0.15, 0.2) is 0 Å². The van der Waals surface area contributed by atoms with Crippen LogP contribution in [-0.4, -0.2) is 24.4 Å². The number of hydrogen-bond acceptors (Lipinski definition) is 2. The van der Waals surface area contributed by atoms with Crippen molar-refractivity contribution >= 4 is 11.6 Å². The average Bonchev–Trinajstić information content (AvgIpc) is 2.61. The van der Waals surface area contributed by atoms with Gasteiger partial charge in [-0.05, 0) is 60.6 Å². The molecule has 3 rings (SSSR count). The van der Waals surface area contributed by atoms with Crippen LogP contribution >= 0.6 is 0 Å². The van der Waals surface area contributed by atoms with E-state index in [1.807, 2.05) is 0 Å². The van der Waals surface area contributed by atoms with Crippen molar-refractivity contribution < 1.29 is 9.18 Å². The molecule has 1 N–H and O–H groups in total. The van der Waals surface area contributed by atoms with E-state index in [9.17, 15) is 9.18 Å². The lowest BCUT2D eigenvalue weighted by atomic mass is 9.90. The molecule has 0 fully saturated rings. The molecule has 1 aliphatic carbocycles. The first-order valence-corrected chi connectivity index (χ1v) is 8.46. The van der Waals surface area contributed by atoms with Crippen LogP contribution in [0.1, 0.15) is 29.5 Å². The van der Waals surface area contributed by atoms with Crippen LogP contribution in [-0.2, 0) is 24.2 Å². The molecule has 1 amide bonds. The van der Waals surface area contributed by atoms with E-state index in [1.165, 1.54) is 36.1 Å². The Morgan fingerprint density at radius 2 is 1.88 bits per heavy atom. The van der Waals surface area contributed by atoms with E-state index in [-0.39, 0.29) is 18.3 Å². The first-order chi connectivity index (χ1) is 11.6. The van der Waals surface area contributed by atoms with E-state index in [1.54, 1.807) is 24.1 Å². The summed E-state index contributed by atoms with van der Waals surface area (Å²) < 4.78 is 12.9. The zero-order valence-corrected chi connectivity index (χ0v) is 14.0. The summed E-state index contributed by atoms with van der Waals surface area (Å²) in [5.74, 6) is -0.240. The molecule has 0 spiro atoms. The molecule has 24 heavy (non-hydrogen) atoms. The van der Waals surface area contributed by atoms with Gasteiger partial charge in [-0.25, -0.2) is 4.39 Å². The number of fused-ring (bicyclic) bond motifs is 1. The van der Waals surface area contributed by atoms with Crippen LogP contribution in [0.3, 0.4) is 0 Å². The summed E-state index contributed by atoms with van der Waals surface area (Å²) in [6.07, 6.45) is 4.67. The summed E-state index contributed by atoms with van der Waals surface area (Å²) in [6.45, 7) is 0.752. The molecule has 0 saturated heterocycles. The molecule has 0 atom stereocenters. The number of benzene rings is 2. The van der Waals surface area contributed by atoms with E-state index >= 15 is 0 Å². The molecule has 126 valence electrons. The van der Waals surface area contributed by atoms with Crippen LogP contribution in [0, 0.1) is 5.82 Å². The first-order valence-electron chi connectivity index (χ1n) is 8.46. The highest BCUT2D eigenvalue weighted by Crippen LogP contribution is 2.27. The minimum absolute atomic E-state index is 0.0211. The van der Waals surface area contributed by atoms with Crippen molar-refractivity contribution in [1.29, 1.82) is 0 Å². The minimum atomic E-state index is -0.261. The number of nitrogens with zero attached hydrogens (tertiary/aromatic N) is 1. The topological polar surface area (TPSA) is 32.3 Å². The summed E-state index contributed by atoms with van der Waals surface area (Å²) in [5, 5.41) is 3.30. The van der Waals surface area contributed by atoms with E-state index < -0.39 is 0 Å². The Bertz CT molecular complexity index is 712. The number of halogens is 1. The molecule has 0 saturated carbocycles. The van der Waals surface area contributed by atoms with Crippen molar-refractivity contribution in [2.45, 2.75) is 32.2 Å². The number of amides is 1. The summed E-state index contributed by atoms with van der Waals surface area (Å²) >= 11 is 0. The van der Waals surface area contributed by atoms with Crippen LogP contribution in [0.2, 0.25) is 0 Å². The largest absolute Gasteiger partial charge is 0.376 e. The number of hydrogen-bond donors (Lipinski definition) is 1. The van der Waals surface area contributed by atoms with Gasteiger partial charge < -0.3 is 10.2 Å². The third-order valence-corrected chi connectivity index (χ3v) is 4.58. The maximum absolute atomic E-state index is 12.9.